The van der Waals surface area contributed by atoms with Crippen LogP contribution in [0.1, 0.15) is 18.9 Å². The normalized spacial score (nSPS) is 23.1. The van der Waals surface area contributed by atoms with Gasteiger partial charge in [-0.1, -0.05) is 13.0 Å². The van der Waals surface area contributed by atoms with Gasteiger partial charge in [0.1, 0.15) is 5.82 Å². The summed E-state index contributed by atoms with van der Waals surface area (Å²) in [7, 11) is 1.70. The minimum absolute atomic E-state index is 0.171. The quantitative estimate of drug-likeness (QED) is 0.762. The highest BCUT2D eigenvalue weighted by atomic mass is 16.5. The van der Waals surface area contributed by atoms with Crippen LogP contribution in [-0.4, -0.2) is 49.5 Å². The number of nitrogens with one attached hydrogen (secondary N) is 1. The molecule has 2 atom stereocenters. The molecular formula is C15H25N3O2. The minimum atomic E-state index is -0.171. The molecule has 0 saturated carbocycles. The molecule has 1 saturated heterocycles. The zero-order valence-electron chi connectivity index (χ0n) is 12.4. The summed E-state index contributed by atoms with van der Waals surface area (Å²) in [5.41, 5.74) is 1.18. The first kappa shape index (κ1) is 15.2. The van der Waals surface area contributed by atoms with Crippen LogP contribution in [0.3, 0.4) is 0 Å². The van der Waals surface area contributed by atoms with Crippen molar-refractivity contribution in [2.45, 2.75) is 26.0 Å². The van der Waals surface area contributed by atoms with Crippen molar-refractivity contribution in [3.05, 3.63) is 23.9 Å². The van der Waals surface area contributed by atoms with Gasteiger partial charge < -0.3 is 20.1 Å². The average Bonchev–Trinajstić information content (AvgIpc) is 2.47. The van der Waals surface area contributed by atoms with Crippen LogP contribution in [-0.2, 0) is 11.3 Å². The number of anilines is 1. The van der Waals surface area contributed by atoms with Gasteiger partial charge in [-0.15, -0.1) is 0 Å². The fraction of sp³-hybridized carbons (Fsp3) is 0.667. The molecular weight excluding hydrogens is 254 g/mol. The topological polar surface area (TPSA) is 57.6 Å². The molecule has 0 radical (unpaired) electrons. The Morgan fingerprint density at radius 2 is 2.35 bits per heavy atom. The number of aromatic nitrogens is 1. The van der Waals surface area contributed by atoms with E-state index in [2.05, 4.69) is 34.3 Å². The van der Waals surface area contributed by atoms with E-state index >= 15 is 0 Å². The summed E-state index contributed by atoms with van der Waals surface area (Å²) in [5.74, 6) is 1.31. The number of piperidine rings is 1. The molecule has 0 spiro atoms. The fourth-order valence-electron chi connectivity index (χ4n) is 2.46. The van der Waals surface area contributed by atoms with Crippen LogP contribution in [0.2, 0.25) is 0 Å². The predicted octanol–water partition coefficient (Wildman–Crippen LogP) is 1.02. The molecule has 112 valence electrons. The van der Waals surface area contributed by atoms with Crippen molar-refractivity contribution in [3.8, 4) is 0 Å². The van der Waals surface area contributed by atoms with Crippen LogP contribution in [0.15, 0.2) is 18.3 Å². The number of hydrogen-bond donors (Lipinski definition) is 2. The molecule has 20 heavy (non-hydrogen) atoms. The molecule has 0 aliphatic carbocycles. The highest BCUT2D eigenvalue weighted by molar-refractivity contribution is 5.40. The number of hydrogen-bond acceptors (Lipinski definition) is 5. The molecule has 1 aromatic rings. The van der Waals surface area contributed by atoms with E-state index in [9.17, 15) is 5.11 Å². The lowest BCUT2D eigenvalue weighted by molar-refractivity contribution is 0.0969. The minimum Gasteiger partial charge on any atom is -0.393 e. The van der Waals surface area contributed by atoms with E-state index in [1.807, 2.05) is 6.20 Å². The Labute approximate surface area is 121 Å². The molecule has 2 rings (SSSR count). The lowest BCUT2D eigenvalue weighted by Crippen LogP contribution is -2.42. The Hall–Kier alpha value is -1.17. The average molecular weight is 279 g/mol. The van der Waals surface area contributed by atoms with E-state index in [1.54, 1.807) is 7.11 Å². The SMILES string of the molecule is COCCNCc1ccc(N2CCC(O)C(C)C2)nc1. The van der Waals surface area contributed by atoms with Gasteiger partial charge in [0.2, 0.25) is 0 Å². The van der Waals surface area contributed by atoms with E-state index in [1.165, 1.54) is 5.56 Å². The zero-order chi connectivity index (χ0) is 14.4. The summed E-state index contributed by atoms with van der Waals surface area (Å²) >= 11 is 0. The molecule has 1 fully saturated rings. The van der Waals surface area contributed by atoms with Gasteiger partial charge in [0, 0.05) is 39.5 Å². The van der Waals surface area contributed by atoms with Crippen LogP contribution in [0.25, 0.3) is 0 Å². The van der Waals surface area contributed by atoms with E-state index in [-0.39, 0.29) is 6.10 Å². The molecule has 1 aromatic heterocycles. The number of rotatable bonds is 6. The van der Waals surface area contributed by atoms with Crippen LogP contribution in [0.4, 0.5) is 5.82 Å². The summed E-state index contributed by atoms with van der Waals surface area (Å²) in [5, 5.41) is 13.1. The van der Waals surface area contributed by atoms with Crippen molar-refractivity contribution >= 4 is 5.82 Å². The van der Waals surface area contributed by atoms with Crippen LogP contribution >= 0.6 is 0 Å². The first-order valence-corrected chi connectivity index (χ1v) is 7.28. The fourth-order valence-corrected chi connectivity index (χ4v) is 2.46. The second kappa shape index (κ2) is 7.57. The lowest BCUT2D eigenvalue weighted by atomic mass is 9.97. The van der Waals surface area contributed by atoms with E-state index in [4.69, 9.17) is 4.74 Å². The Bertz CT molecular complexity index is 397. The van der Waals surface area contributed by atoms with Crippen LogP contribution in [0, 0.1) is 5.92 Å². The molecule has 1 aliphatic heterocycles. The molecule has 5 heteroatoms. The maximum Gasteiger partial charge on any atom is 0.128 e. The molecule has 2 N–H and O–H groups in total. The molecule has 2 unspecified atom stereocenters. The highest BCUT2D eigenvalue weighted by Gasteiger charge is 2.24. The number of pyridine rings is 1. The number of aliphatic hydroxyl groups is 1. The smallest absolute Gasteiger partial charge is 0.128 e. The molecule has 0 amide bonds. The second-order valence-corrected chi connectivity index (χ2v) is 5.47. The Morgan fingerprint density at radius 1 is 1.50 bits per heavy atom. The highest BCUT2D eigenvalue weighted by Crippen LogP contribution is 2.21. The van der Waals surface area contributed by atoms with Crippen LogP contribution in [0.5, 0.6) is 0 Å². The Kier molecular flexibility index (Phi) is 5.76. The van der Waals surface area contributed by atoms with Gasteiger partial charge in [0.25, 0.3) is 0 Å². The third-order valence-corrected chi connectivity index (χ3v) is 3.81. The van der Waals surface area contributed by atoms with E-state index in [0.29, 0.717) is 5.92 Å². The summed E-state index contributed by atoms with van der Waals surface area (Å²) in [6.07, 6.45) is 2.57. The number of ether oxygens (including phenoxy) is 1. The van der Waals surface area contributed by atoms with Crippen LogP contribution < -0.4 is 10.2 Å². The van der Waals surface area contributed by atoms with Crippen molar-refractivity contribution in [3.63, 3.8) is 0 Å². The van der Waals surface area contributed by atoms with Crippen molar-refractivity contribution in [1.82, 2.24) is 10.3 Å². The first-order valence-electron chi connectivity index (χ1n) is 7.28. The zero-order valence-corrected chi connectivity index (χ0v) is 12.4. The number of nitrogens with zero attached hydrogens (tertiary/aromatic N) is 2. The largest absolute Gasteiger partial charge is 0.393 e. The molecule has 0 bridgehead atoms. The van der Waals surface area contributed by atoms with Crippen molar-refractivity contribution in [1.29, 1.82) is 0 Å². The Balaban J connectivity index is 1.85. The molecule has 0 aromatic carbocycles. The van der Waals surface area contributed by atoms with E-state index < -0.39 is 0 Å². The monoisotopic (exact) mass is 279 g/mol. The summed E-state index contributed by atoms with van der Waals surface area (Å²) in [6.45, 7) is 6.22. The third-order valence-electron chi connectivity index (χ3n) is 3.81. The molecule has 1 aliphatic rings. The van der Waals surface area contributed by atoms with Gasteiger partial charge in [0.15, 0.2) is 0 Å². The third kappa shape index (κ3) is 4.16. The standard InChI is InChI=1S/C15H25N3O2/c1-12-11-18(7-5-14(12)19)15-4-3-13(10-17-15)9-16-6-8-20-2/h3-4,10,12,14,16,19H,5-9,11H2,1-2H3. The van der Waals surface area contributed by atoms with Crippen molar-refractivity contribution in [2.75, 3.05) is 38.3 Å². The second-order valence-electron chi connectivity index (χ2n) is 5.47. The summed E-state index contributed by atoms with van der Waals surface area (Å²) in [6, 6.07) is 4.18. The molecule has 2 heterocycles. The van der Waals surface area contributed by atoms with Gasteiger partial charge >= 0.3 is 0 Å². The van der Waals surface area contributed by atoms with Gasteiger partial charge in [0.05, 0.1) is 12.7 Å². The van der Waals surface area contributed by atoms with E-state index in [0.717, 1.165) is 45.0 Å². The maximum atomic E-state index is 9.76. The number of methoxy groups -OCH3 is 1. The van der Waals surface area contributed by atoms with Gasteiger partial charge in [-0.3, -0.25) is 0 Å². The lowest BCUT2D eigenvalue weighted by Gasteiger charge is -2.35. The van der Waals surface area contributed by atoms with Gasteiger partial charge in [-0.05, 0) is 24.0 Å². The van der Waals surface area contributed by atoms with Crippen molar-refractivity contribution in [2.24, 2.45) is 5.92 Å². The maximum absolute atomic E-state index is 9.76. The summed E-state index contributed by atoms with van der Waals surface area (Å²) in [4.78, 5) is 6.78. The summed E-state index contributed by atoms with van der Waals surface area (Å²) < 4.78 is 4.99. The first-order chi connectivity index (χ1) is 9.70. The van der Waals surface area contributed by atoms with Crippen molar-refractivity contribution < 1.29 is 9.84 Å². The van der Waals surface area contributed by atoms with Gasteiger partial charge in [-0.2, -0.15) is 0 Å². The molecule has 5 nitrogen and oxygen atoms in total. The number of aliphatic hydroxyl groups excluding tert-OH is 1. The van der Waals surface area contributed by atoms with Gasteiger partial charge in [-0.25, -0.2) is 4.98 Å². The Morgan fingerprint density at radius 3 is 3.00 bits per heavy atom. The predicted molar refractivity (Wildman–Crippen MR) is 79.8 cm³/mol.